The lowest BCUT2D eigenvalue weighted by Gasteiger charge is -2.14. The first-order valence-electron chi connectivity index (χ1n) is 9.09. The second-order valence-corrected chi connectivity index (χ2v) is 6.94. The maximum atomic E-state index is 13.5. The van der Waals surface area contributed by atoms with Gasteiger partial charge >= 0.3 is 0 Å². The van der Waals surface area contributed by atoms with Gasteiger partial charge in [-0.05, 0) is 52.2 Å². The number of ether oxygens (including phenoxy) is 2. The number of aliphatic imine (C=N–C) groups is 1. The number of fused-ring (bicyclic) bond motifs is 1. The van der Waals surface area contributed by atoms with Gasteiger partial charge < -0.3 is 14.8 Å². The third-order valence-electron chi connectivity index (χ3n) is 4.67. The van der Waals surface area contributed by atoms with Crippen LogP contribution in [0.3, 0.4) is 0 Å². The quantitative estimate of drug-likeness (QED) is 0.613. The van der Waals surface area contributed by atoms with E-state index in [4.69, 9.17) is 21.1 Å². The molecule has 144 valence electrons. The summed E-state index contributed by atoms with van der Waals surface area (Å²) in [6.45, 7) is 2.55. The number of hydrogen-bond acceptors (Lipinski definition) is 4. The van der Waals surface area contributed by atoms with Gasteiger partial charge in [-0.1, -0.05) is 29.8 Å². The van der Waals surface area contributed by atoms with Crippen molar-refractivity contribution in [2.45, 2.75) is 0 Å². The molecule has 3 aromatic carbocycles. The molecule has 0 bridgehead atoms. The number of benzene rings is 3. The van der Waals surface area contributed by atoms with E-state index < -0.39 is 5.82 Å². The van der Waals surface area contributed by atoms with Crippen molar-refractivity contribution in [1.29, 1.82) is 0 Å². The maximum Gasteiger partial charge on any atom is 0.141 e. The van der Waals surface area contributed by atoms with Gasteiger partial charge in [0.05, 0.1) is 23.7 Å². The fourth-order valence-corrected chi connectivity index (χ4v) is 3.43. The minimum absolute atomic E-state index is 0.115. The first-order valence-corrected chi connectivity index (χ1v) is 9.47. The Kier molecular flexibility index (Phi) is 5.46. The average molecular weight is 399 g/mol. The summed E-state index contributed by atoms with van der Waals surface area (Å²) in [4.78, 5) is 4.54. The van der Waals surface area contributed by atoms with Gasteiger partial charge in [-0.3, -0.25) is 4.99 Å². The molecule has 0 amide bonds. The molecule has 0 aliphatic carbocycles. The fourth-order valence-electron chi connectivity index (χ4n) is 3.25. The number of amidine groups is 1. The molecule has 0 unspecified atom stereocenters. The molecule has 6 heteroatoms. The van der Waals surface area contributed by atoms with Crippen LogP contribution in [-0.4, -0.2) is 39.2 Å². The van der Waals surface area contributed by atoms with Gasteiger partial charge in [0.25, 0.3) is 0 Å². The van der Waals surface area contributed by atoms with Crippen molar-refractivity contribution in [3.05, 3.63) is 64.9 Å². The van der Waals surface area contributed by atoms with Gasteiger partial charge in [-0.15, -0.1) is 0 Å². The van der Waals surface area contributed by atoms with Crippen molar-refractivity contribution in [1.82, 2.24) is 5.32 Å². The molecule has 0 radical (unpaired) electrons. The zero-order valence-corrected chi connectivity index (χ0v) is 16.2. The zero-order chi connectivity index (χ0) is 19.5. The minimum Gasteiger partial charge on any atom is -0.490 e. The number of nitrogens with one attached hydrogen (secondary N) is 1. The highest BCUT2D eigenvalue weighted by Crippen LogP contribution is 2.32. The molecule has 0 fully saturated rings. The van der Waals surface area contributed by atoms with Gasteiger partial charge in [0, 0.05) is 13.7 Å². The Bertz CT molecular complexity index is 1050. The number of halogens is 2. The summed E-state index contributed by atoms with van der Waals surface area (Å²) in [5, 5.41) is 5.52. The number of methoxy groups -OCH3 is 1. The molecular weight excluding hydrogens is 379 g/mol. The van der Waals surface area contributed by atoms with Crippen molar-refractivity contribution in [3.63, 3.8) is 0 Å². The SMILES string of the molecule is COCCOc1cc2ccc(-c3ccc(F)c(Cl)c3)cc2cc1C1=NCCN1. The fraction of sp³-hybridized carbons (Fsp3) is 0.227. The van der Waals surface area contributed by atoms with Crippen LogP contribution in [0.5, 0.6) is 5.75 Å². The molecule has 1 N–H and O–H groups in total. The van der Waals surface area contributed by atoms with E-state index in [1.807, 2.05) is 18.2 Å². The summed E-state index contributed by atoms with van der Waals surface area (Å²) in [5.74, 6) is 1.19. The first-order chi connectivity index (χ1) is 13.7. The Hall–Kier alpha value is -2.63. The Labute approximate surface area is 167 Å². The van der Waals surface area contributed by atoms with E-state index in [1.54, 1.807) is 19.2 Å². The third kappa shape index (κ3) is 3.81. The van der Waals surface area contributed by atoms with Gasteiger partial charge in [0.2, 0.25) is 0 Å². The highest BCUT2D eigenvalue weighted by molar-refractivity contribution is 6.31. The number of rotatable bonds is 6. The molecule has 0 spiro atoms. The smallest absolute Gasteiger partial charge is 0.141 e. The van der Waals surface area contributed by atoms with Crippen LogP contribution >= 0.6 is 11.6 Å². The van der Waals surface area contributed by atoms with E-state index >= 15 is 0 Å². The Morgan fingerprint density at radius 2 is 1.86 bits per heavy atom. The summed E-state index contributed by atoms with van der Waals surface area (Å²) in [5.41, 5.74) is 2.76. The van der Waals surface area contributed by atoms with E-state index in [1.165, 1.54) is 6.07 Å². The minimum atomic E-state index is -0.420. The molecule has 0 atom stereocenters. The molecule has 4 rings (SSSR count). The largest absolute Gasteiger partial charge is 0.490 e. The molecule has 1 aliphatic rings. The molecule has 1 aliphatic heterocycles. The van der Waals surface area contributed by atoms with Crippen LogP contribution in [0.25, 0.3) is 21.9 Å². The maximum absolute atomic E-state index is 13.5. The summed E-state index contributed by atoms with van der Waals surface area (Å²) in [6.07, 6.45) is 0. The Balaban J connectivity index is 1.77. The Morgan fingerprint density at radius 1 is 1.04 bits per heavy atom. The number of nitrogens with zero attached hydrogens (tertiary/aromatic N) is 1. The van der Waals surface area contributed by atoms with Crippen LogP contribution in [0.4, 0.5) is 4.39 Å². The topological polar surface area (TPSA) is 42.9 Å². The third-order valence-corrected chi connectivity index (χ3v) is 4.96. The van der Waals surface area contributed by atoms with Crippen molar-refractivity contribution in [2.75, 3.05) is 33.4 Å². The van der Waals surface area contributed by atoms with Crippen molar-refractivity contribution >= 4 is 28.2 Å². The average Bonchev–Trinajstić information content (AvgIpc) is 3.24. The van der Waals surface area contributed by atoms with Crippen molar-refractivity contribution < 1.29 is 13.9 Å². The summed E-state index contributed by atoms with van der Waals surface area (Å²) in [6, 6.07) is 14.9. The van der Waals surface area contributed by atoms with Gasteiger partial charge in [0.15, 0.2) is 0 Å². The molecule has 28 heavy (non-hydrogen) atoms. The summed E-state index contributed by atoms with van der Waals surface area (Å²) < 4.78 is 24.5. The predicted molar refractivity (Wildman–Crippen MR) is 111 cm³/mol. The molecule has 4 nitrogen and oxygen atoms in total. The summed E-state index contributed by atoms with van der Waals surface area (Å²) in [7, 11) is 1.65. The molecule has 0 aromatic heterocycles. The normalized spacial score (nSPS) is 13.5. The van der Waals surface area contributed by atoms with Crippen LogP contribution in [-0.2, 0) is 4.74 Å². The molecule has 0 saturated heterocycles. The standard InChI is InChI=1S/C22H20ClFN2O2/c1-27-8-9-28-21-13-16-3-2-14(15-4-5-20(24)19(23)12-15)10-17(16)11-18(21)22-25-6-7-26-22/h2-5,10-13H,6-9H2,1H3,(H,25,26). The van der Waals surface area contributed by atoms with E-state index in [9.17, 15) is 4.39 Å². The van der Waals surface area contributed by atoms with E-state index in [-0.39, 0.29) is 5.02 Å². The Morgan fingerprint density at radius 3 is 2.61 bits per heavy atom. The molecule has 3 aromatic rings. The predicted octanol–water partition coefficient (Wildman–Crippen LogP) is 4.67. The van der Waals surface area contributed by atoms with Gasteiger partial charge in [-0.2, -0.15) is 0 Å². The van der Waals surface area contributed by atoms with Crippen LogP contribution in [0.2, 0.25) is 5.02 Å². The van der Waals surface area contributed by atoms with Crippen LogP contribution in [0.1, 0.15) is 5.56 Å². The zero-order valence-electron chi connectivity index (χ0n) is 15.5. The van der Waals surface area contributed by atoms with Crippen molar-refractivity contribution in [3.8, 4) is 16.9 Å². The lowest BCUT2D eigenvalue weighted by molar-refractivity contribution is 0.146. The summed E-state index contributed by atoms with van der Waals surface area (Å²) >= 11 is 5.95. The molecule has 1 heterocycles. The van der Waals surface area contributed by atoms with Gasteiger partial charge in [0.1, 0.15) is 24.0 Å². The molecular formula is C22H20ClFN2O2. The van der Waals surface area contributed by atoms with E-state index in [0.29, 0.717) is 13.2 Å². The highest BCUT2D eigenvalue weighted by atomic mass is 35.5. The lowest BCUT2D eigenvalue weighted by atomic mass is 9.99. The van der Waals surface area contributed by atoms with E-state index in [0.717, 1.165) is 52.1 Å². The van der Waals surface area contributed by atoms with Crippen LogP contribution in [0.15, 0.2) is 53.5 Å². The second kappa shape index (κ2) is 8.17. The van der Waals surface area contributed by atoms with Crippen molar-refractivity contribution in [2.24, 2.45) is 4.99 Å². The monoisotopic (exact) mass is 398 g/mol. The second-order valence-electron chi connectivity index (χ2n) is 6.54. The first kappa shape index (κ1) is 18.7. The molecule has 0 saturated carbocycles. The van der Waals surface area contributed by atoms with Gasteiger partial charge in [-0.25, -0.2) is 4.39 Å². The highest BCUT2D eigenvalue weighted by Gasteiger charge is 2.16. The van der Waals surface area contributed by atoms with Crippen LogP contribution < -0.4 is 10.1 Å². The lowest BCUT2D eigenvalue weighted by Crippen LogP contribution is -2.20. The van der Waals surface area contributed by atoms with E-state index in [2.05, 4.69) is 22.4 Å². The van der Waals surface area contributed by atoms with Crippen LogP contribution in [0, 0.1) is 5.82 Å². The number of hydrogen-bond donors (Lipinski definition) is 1.